The summed E-state index contributed by atoms with van der Waals surface area (Å²) in [6.07, 6.45) is 4.57. The molecule has 0 spiro atoms. The van der Waals surface area contributed by atoms with E-state index in [0.717, 1.165) is 19.4 Å². The fourth-order valence-corrected chi connectivity index (χ4v) is 1.30. The van der Waals surface area contributed by atoms with Crippen molar-refractivity contribution in [3.05, 3.63) is 0 Å². The average Bonchev–Trinajstić information content (AvgIpc) is 2.34. The number of hydrogen-bond donors (Lipinski definition) is 1. The Hall–Kier alpha value is -0.0800. The lowest BCUT2D eigenvalue weighted by Gasteiger charge is -2.09. The Morgan fingerprint density at radius 3 is 3.00 bits per heavy atom. The fourth-order valence-electron chi connectivity index (χ4n) is 1.30. The molecule has 2 nitrogen and oxygen atoms in total. The van der Waals surface area contributed by atoms with Crippen LogP contribution in [0.1, 0.15) is 32.6 Å². The number of aliphatic hydroxyl groups excluding tert-OH is 1. The smallest absolute Gasteiger partial charge is 0.0577 e. The Bertz CT molecular complexity index is 85.3. The SMILES string of the molecule is CC(O)CCC1CCCO1. The van der Waals surface area contributed by atoms with Gasteiger partial charge in [-0.3, -0.25) is 0 Å². The molecule has 0 aromatic heterocycles. The van der Waals surface area contributed by atoms with Crippen molar-refractivity contribution in [2.75, 3.05) is 6.61 Å². The molecule has 0 bridgehead atoms. The standard InChI is InChI=1S/C8H16O2/c1-7(9)4-5-8-3-2-6-10-8/h7-9H,2-6H2,1H3. The third kappa shape index (κ3) is 2.67. The zero-order chi connectivity index (χ0) is 7.40. The maximum absolute atomic E-state index is 8.96. The number of hydrogen-bond acceptors (Lipinski definition) is 2. The lowest BCUT2D eigenvalue weighted by atomic mass is 10.1. The van der Waals surface area contributed by atoms with E-state index in [1.165, 1.54) is 12.8 Å². The van der Waals surface area contributed by atoms with Gasteiger partial charge >= 0.3 is 0 Å². The summed E-state index contributed by atoms with van der Waals surface area (Å²) < 4.78 is 5.39. The highest BCUT2D eigenvalue weighted by Crippen LogP contribution is 2.17. The van der Waals surface area contributed by atoms with Gasteiger partial charge in [0, 0.05) is 6.61 Å². The Labute approximate surface area is 62.2 Å². The summed E-state index contributed by atoms with van der Waals surface area (Å²) in [7, 11) is 0. The molecule has 1 heterocycles. The first-order chi connectivity index (χ1) is 4.79. The molecule has 0 aliphatic carbocycles. The van der Waals surface area contributed by atoms with E-state index >= 15 is 0 Å². The van der Waals surface area contributed by atoms with Crippen LogP contribution in [-0.4, -0.2) is 23.9 Å². The molecular formula is C8H16O2. The number of aliphatic hydroxyl groups is 1. The lowest BCUT2D eigenvalue weighted by molar-refractivity contribution is 0.0852. The molecule has 1 saturated heterocycles. The lowest BCUT2D eigenvalue weighted by Crippen LogP contribution is -2.09. The summed E-state index contributed by atoms with van der Waals surface area (Å²) in [6.45, 7) is 2.75. The van der Waals surface area contributed by atoms with Crippen molar-refractivity contribution in [3.8, 4) is 0 Å². The van der Waals surface area contributed by atoms with Crippen molar-refractivity contribution < 1.29 is 9.84 Å². The molecule has 1 fully saturated rings. The van der Waals surface area contributed by atoms with Crippen LogP contribution in [0.3, 0.4) is 0 Å². The van der Waals surface area contributed by atoms with E-state index in [2.05, 4.69) is 0 Å². The second kappa shape index (κ2) is 3.94. The molecule has 2 heteroatoms. The van der Waals surface area contributed by atoms with E-state index in [1.807, 2.05) is 6.92 Å². The molecule has 0 saturated carbocycles. The zero-order valence-corrected chi connectivity index (χ0v) is 6.55. The Morgan fingerprint density at radius 1 is 1.70 bits per heavy atom. The maximum Gasteiger partial charge on any atom is 0.0577 e. The van der Waals surface area contributed by atoms with Crippen molar-refractivity contribution in [3.63, 3.8) is 0 Å². The second-order valence-electron chi connectivity index (χ2n) is 3.06. The molecule has 0 amide bonds. The molecule has 1 N–H and O–H groups in total. The minimum Gasteiger partial charge on any atom is -0.393 e. The van der Waals surface area contributed by atoms with Crippen molar-refractivity contribution in [1.82, 2.24) is 0 Å². The largest absolute Gasteiger partial charge is 0.393 e. The minimum absolute atomic E-state index is 0.163. The summed E-state index contributed by atoms with van der Waals surface area (Å²) in [5.74, 6) is 0. The van der Waals surface area contributed by atoms with Crippen molar-refractivity contribution in [2.45, 2.75) is 44.8 Å². The summed E-state index contributed by atoms with van der Waals surface area (Å²) in [5, 5.41) is 8.96. The molecule has 1 aliphatic rings. The first kappa shape index (κ1) is 8.02. The van der Waals surface area contributed by atoms with Gasteiger partial charge in [0.05, 0.1) is 12.2 Å². The van der Waals surface area contributed by atoms with Gasteiger partial charge in [0.2, 0.25) is 0 Å². The maximum atomic E-state index is 8.96. The van der Waals surface area contributed by atoms with E-state index in [0.29, 0.717) is 6.10 Å². The van der Waals surface area contributed by atoms with Crippen LogP contribution in [0.2, 0.25) is 0 Å². The van der Waals surface area contributed by atoms with Gasteiger partial charge in [-0.05, 0) is 32.6 Å². The Kier molecular flexibility index (Phi) is 3.16. The molecular weight excluding hydrogens is 128 g/mol. The highest BCUT2D eigenvalue weighted by atomic mass is 16.5. The highest BCUT2D eigenvalue weighted by Gasteiger charge is 2.15. The van der Waals surface area contributed by atoms with Gasteiger partial charge in [0.1, 0.15) is 0 Å². The summed E-state index contributed by atoms with van der Waals surface area (Å²) in [5.41, 5.74) is 0. The molecule has 1 aliphatic heterocycles. The minimum atomic E-state index is -0.163. The van der Waals surface area contributed by atoms with Crippen LogP contribution >= 0.6 is 0 Å². The third-order valence-corrected chi connectivity index (χ3v) is 1.93. The molecule has 1 rings (SSSR count). The Balaban J connectivity index is 2.01. The first-order valence-corrected chi connectivity index (χ1v) is 4.08. The average molecular weight is 144 g/mol. The summed E-state index contributed by atoms with van der Waals surface area (Å²) in [4.78, 5) is 0. The predicted molar refractivity (Wildman–Crippen MR) is 39.9 cm³/mol. The van der Waals surface area contributed by atoms with Gasteiger partial charge in [0.15, 0.2) is 0 Å². The topological polar surface area (TPSA) is 29.5 Å². The van der Waals surface area contributed by atoms with Crippen LogP contribution in [-0.2, 0) is 4.74 Å². The van der Waals surface area contributed by atoms with E-state index in [9.17, 15) is 0 Å². The molecule has 0 radical (unpaired) electrons. The Morgan fingerprint density at radius 2 is 2.50 bits per heavy atom. The van der Waals surface area contributed by atoms with Gasteiger partial charge in [-0.1, -0.05) is 0 Å². The van der Waals surface area contributed by atoms with Gasteiger partial charge in [-0.2, -0.15) is 0 Å². The third-order valence-electron chi connectivity index (χ3n) is 1.93. The van der Waals surface area contributed by atoms with Crippen LogP contribution in [0, 0.1) is 0 Å². The summed E-state index contributed by atoms with van der Waals surface area (Å²) in [6, 6.07) is 0. The van der Waals surface area contributed by atoms with Gasteiger partial charge in [0.25, 0.3) is 0 Å². The number of rotatable bonds is 3. The molecule has 0 aromatic carbocycles. The van der Waals surface area contributed by atoms with Crippen molar-refractivity contribution >= 4 is 0 Å². The van der Waals surface area contributed by atoms with E-state index in [1.54, 1.807) is 0 Å². The molecule has 0 aromatic rings. The second-order valence-corrected chi connectivity index (χ2v) is 3.06. The normalized spacial score (nSPS) is 28.8. The quantitative estimate of drug-likeness (QED) is 0.647. The molecule has 60 valence electrons. The van der Waals surface area contributed by atoms with E-state index in [4.69, 9.17) is 9.84 Å². The van der Waals surface area contributed by atoms with Crippen molar-refractivity contribution in [2.24, 2.45) is 0 Å². The predicted octanol–water partition coefficient (Wildman–Crippen LogP) is 1.33. The van der Waals surface area contributed by atoms with Gasteiger partial charge in [-0.15, -0.1) is 0 Å². The molecule has 2 atom stereocenters. The summed E-state index contributed by atoms with van der Waals surface area (Å²) >= 11 is 0. The van der Waals surface area contributed by atoms with Crippen LogP contribution in [0.5, 0.6) is 0 Å². The van der Waals surface area contributed by atoms with E-state index < -0.39 is 0 Å². The van der Waals surface area contributed by atoms with E-state index in [-0.39, 0.29) is 6.10 Å². The monoisotopic (exact) mass is 144 g/mol. The fraction of sp³-hybridized carbons (Fsp3) is 1.00. The molecule has 2 unspecified atom stereocenters. The highest BCUT2D eigenvalue weighted by molar-refractivity contribution is 4.65. The zero-order valence-electron chi connectivity index (χ0n) is 6.55. The molecule has 10 heavy (non-hydrogen) atoms. The van der Waals surface area contributed by atoms with Gasteiger partial charge in [-0.25, -0.2) is 0 Å². The van der Waals surface area contributed by atoms with Gasteiger partial charge < -0.3 is 9.84 Å². The number of ether oxygens (including phenoxy) is 1. The van der Waals surface area contributed by atoms with Crippen LogP contribution in [0.15, 0.2) is 0 Å². The van der Waals surface area contributed by atoms with Crippen LogP contribution in [0.25, 0.3) is 0 Å². The van der Waals surface area contributed by atoms with Crippen molar-refractivity contribution in [1.29, 1.82) is 0 Å². The van der Waals surface area contributed by atoms with Crippen LogP contribution in [0.4, 0.5) is 0 Å². The van der Waals surface area contributed by atoms with Crippen LogP contribution < -0.4 is 0 Å². The first-order valence-electron chi connectivity index (χ1n) is 4.08.